The highest BCUT2D eigenvalue weighted by atomic mass is 16.1. The van der Waals surface area contributed by atoms with Gasteiger partial charge in [-0.2, -0.15) is 0 Å². The second kappa shape index (κ2) is 5.29. The second-order valence-corrected chi connectivity index (χ2v) is 4.96. The molecule has 0 amide bonds. The molecule has 0 N–H and O–H groups in total. The van der Waals surface area contributed by atoms with E-state index in [1.165, 1.54) is 43.2 Å². The van der Waals surface area contributed by atoms with Gasteiger partial charge in [0, 0.05) is 6.42 Å². The van der Waals surface area contributed by atoms with Crippen molar-refractivity contribution in [2.75, 3.05) is 0 Å². The molecule has 1 heteroatoms. The van der Waals surface area contributed by atoms with Crippen LogP contribution in [0.5, 0.6) is 0 Å². The molecule has 0 aromatic heterocycles. The Morgan fingerprint density at radius 3 is 2.69 bits per heavy atom. The Morgan fingerprint density at radius 2 is 2.00 bits per heavy atom. The summed E-state index contributed by atoms with van der Waals surface area (Å²) in [4.78, 5) is 11.1. The van der Waals surface area contributed by atoms with Gasteiger partial charge in [-0.1, -0.05) is 43.5 Å². The van der Waals surface area contributed by atoms with Crippen molar-refractivity contribution in [3.8, 4) is 0 Å². The highest BCUT2D eigenvalue weighted by Crippen LogP contribution is 2.32. The van der Waals surface area contributed by atoms with Crippen LogP contribution in [0.3, 0.4) is 0 Å². The number of ketones is 1. The molecule has 0 atom stereocenters. The van der Waals surface area contributed by atoms with Gasteiger partial charge < -0.3 is 0 Å². The minimum Gasteiger partial charge on any atom is -0.300 e. The fourth-order valence-corrected chi connectivity index (χ4v) is 2.68. The van der Waals surface area contributed by atoms with Crippen molar-refractivity contribution in [1.82, 2.24) is 0 Å². The number of benzene rings is 1. The van der Waals surface area contributed by atoms with Gasteiger partial charge in [-0.25, -0.2) is 0 Å². The van der Waals surface area contributed by atoms with Crippen LogP contribution in [0, 0.1) is 0 Å². The summed E-state index contributed by atoms with van der Waals surface area (Å²) in [6, 6.07) is 8.62. The van der Waals surface area contributed by atoms with Crippen molar-refractivity contribution in [2.24, 2.45) is 0 Å². The van der Waals surface area contributed by atoms with Crippen LogP contribution in [-0.2, 0) is 11.2 Å². The Balaban J connectivity index is 2.11. The number of rotatable bonds is 3. The second-order valence-electron chi connectivity index (χ2n) is 4.96. The number of hydrogen-bond donors (Lipinski definition) is 0. The first-order valence-electron chi connectivity index (χ1n) is 6.34. The van der Waals surface area contributed by atoms with Gasteiger partial charge in [0.1, 0.15) is 5.78 Å². The summed E-state index contributed by atoms with van der Waals surface area (Å²) in [5.41, 5.74) is 2.62. The largest absolute Gasteiger partial charge is 0.300 e. The summed E-state index contributed by atoms with van der Waals surface area (Å²) >= 11 is 0. The van der Waals surface area contributed by atoms with Crippen LogP contribution < -0.4 is 0 Å². The van der Waals surface area contributed by atoms with Crippen LogP contribution in [0.1, 0.15) is 56.1 Å². The van der Waals surface area contributed by atoms with Crippen molar-refractivity contribution in [3.63, 3.8) is 0 Å². The van der Waals surface area contributed by atoms with E-state index in [0.29, 0.717) is 6.42 Å². The Labute approximate surface area is 97.9 Å². The van der Waals surface area contributed by atoms with Gasteiger partial charge in [0.05, 0.1) is 0 Å². The SMILES string of the molecule is CC(=O)Cc1cccc(C2CCCCC2)c1. The molecule has 0 bridgehead atoms. The summed E-state index contributed by atoms with van der Waals surface area (Å²) < 4.78 is 0. The lowest BCUT2D eigenvalue weighted by Gasteiger charge is -2.22. The molecule has 0 radical (unpaired) electrons. The predicted molar refractivity (Wildman–Crippen MR) is 66.7 cm³/mol. The summed E-state index contributed by atoms with van der Waals surface area (Å²) in [6.07, 6.45) is 7.35. The van der Waals surface area contributed by atoms with Crippen molar-refractivity contribution in [1.29, 1.82) is 0 Å². The van der Waals surface area contributed by atoms with E-state index in [9.17, 15) is 4.79 Å². The van der Waals surface area contributed by atoms with Crippen molar-refractivity contribution < 1.29 is 4.79 Å². The molecule has 1 aliphatic rings. The number of hydrogen-bond acceptors (Lipinski definition) is 1. The maximum absolute atomic E-state index is 11.1. The van der Waals surface area contributed by atoms with Gasteiger partial charge in [-0.15, -0.1) is 0 Å². The van der Waals surface area contributed by atoms with E-state index in [1.807, 2.05) is 0 Å². The summed E-state index contributed by atoms with van der Waals surface area (Å²) in [6.45, 7) is 1.66. The minimum absolute atomic E-state index is 0.251. The Bertz CT molecular complexity index is 361. The van der Waals surface area contributed by atoms with Gasteiger partial charge >= 0.3 is 0 Å². The van der Waals surface area contributed by atoms with Crippen LogP contribution in [-0.4, -0.2) is 5.78 Å². The third-order valence-corrected chi connectivity index (χ3v) is 3.48. The van der Waals surface area contributed by atoms with E-state index in [1.54, 1.807) is 6.92 Å². The van der Waals surface area contributed by atoms with Crippen molar-refractivity contribution in [2.45, 2.75) is 51.4 Å². The van der Waals surface area contributed by atoms with Crippen molar-refractivity contribution in [3.05, 3.63) is 35.4 Å². The van der Waals surface area contributed by atoms with Gasteiger partial charge in [0.2, 0.25) is 0 Å². The molecule has 16 heavy (non-hydrogen) atoms. The zero-order chi connectivity index (χ0) is 11.4. The molecule has 1 aromatic carbocycles. The lowest BCUT2D eigenvalue weighted by molar-refractivity contribution is -0.116. The zero-order valence-corrected chi connectivity index (χ0v) is 10.0. The molecule has 86 valence electrons. The minimum atomic E-state index is 0.251. The molecule has 2 rings (SSSR count). The molecule has 1 fully saturated rings. The highest BCUT2D eigenvalue weighted by molar-refractivity contribution is 5.78. The quantitative estimate of drug-likeness (QED) is 0.749. The van der Waals surface area contributed by atoms with Gasteiger partial charge in [0.25, 0.3) is 0 Å². The molecule has 0 aliphatic heterocycles. The Morgan fingerprint density at radius 1 is 1.25 bits per heavy atom. The normalized spacial score (nSPS) is 17.3. The number of carbonyl (C=O) groups excluding carboxylic acids is 1. The van der Waals surface area contributed by atoms with E-state index in [2.05, 4.69) is 24.3 Å². The highest BCUT2D eigenvalue weighted by Gasteiger charge is 2.15. The average Bonchev–Trinajstić information content (AvgIpc) is 2.30. The molecule has 1 aliphatic carbocycles. The summed E-state index contributed by atoms with van der Waals surface area (Å²) in [5, 5.41) is 0. The third-order valence-electron chi connectivity index (χ3n) is 3.48. The van der Waals surface area contributed by atoms with Crippen molar-refractivity contribution >= 4 is 5.78 Å². The first-order chi connectivity index (χ1) is 7.75. The number of carbonyl (C=O) groups is 1. The lowest BCUT2D eigenvalue weighted by Crippen LogP contribution is -2.05. The number of Topliss-reactive ketones (excluding diaryl/α,β-unsaturated/α-hetero) is 1. The molecule has 1 nitrogen and oxygen atoms in total. The average molecular weight is 216 g/mol. The molecule has 0 unspecified atom stereocenters. The van der Waals surface area contributed by atoms with Crippen LogP contribution in [0.15, 0.2) is 24.3 Å². The maximum Gasteiger partial charge on any atom is 0.134 e. The van der Waals surface area contributed by atoms with E-state index in [4.69, 9.17) is 0 Å². The van der Waals surface area contributed by atoms with Gasteiger partial charge in [0.15, 0.2) is 0 Å². The first kappa shape index (κ1) is 11.4. The molecular weight excluding hydrogens is 196 g/mol. The standard InChI is InChI=1S/C15H20O/c1-12(16)10-13-6-5-9-15(11-13)14-7-3-2-4-8-14/h5-6,9,11,14H,2-4,7-8,10H2,1H3. The van der Waals surface area contributed by atoms with E-state index < -0.39 is 0 Å². The van der Waals surface area contributed by atoms with E-state index >= 15 is 0 Å². The van der Waals surface area contributed by atoms with E-state index in [-0.39, 0.29) is 5.78 Å². The molecular formula is C15H20O. The first-order valence-corrected chi connectivity index (χ1v) is 6.34. The third kappa shape index (κ3) is 2.94. The van der Waals surface area contributed by atoms with Crippen LogP contribution in [0.4, 0.5) is 0 Å². The summed E-state index contributed by atoms with van der Waals surface area (Å²) in [5.74, 6) is 0.987. The molecule has 1 saturated carbocycles. The van der Waals surface area contributed by atoms with Crippen LogP contribution >= 0.6 is 0 Å². The molecule has 0 heterocycles. The van der Waals surface area contributed by atoms with Crippen LogP contribution in [0.2, 0.25) is 0 Å². The zero-order valence-electron chi connectivity index (χ0n) is 10.0. The molecule has 0 saturated heterocycles. The topological polar surface area (TPSA) is 17.1 Å². The Hall–Kier alpha value is -1.11. The predicted octanol–water partition coefficient (Wildman–Crippen LogP) is 3.87. The van der Waals surface area contributed by atoms with E-state index in [0.717, 1.165) is 5.92 Å². The molecule has 1 aromatic rings. The molecule has 0 spiro atoms. The Kier molecular flexibility index (Phi) is 3.76. The van der Waals surface area contributed by atoms with Gasteiger partial charge in [-0.3, -0.25) is 4.79 Å². The fraction of sp³-hybridized carbons (Fsp3) is 0.533. The monoisotopic (exact) mass is 216 g/mol. The van der Waals surface area contributed by atoms with Crippen LogP contribution in [0.25, 0.3) is 0 Å². The maximum atomic E-state index is 11.1. The smallest absolute Gasteiger partial charge is 0.134 e. The summed E-state index contributed by atoms with van der Waals surface area (Å²) in [7, 11) is 0. The van der Waals surface area contributed by atoms with Gasteiger partial charge in [-0.05, 0) is 36.8 Å². The lowest BCUT2D eigenvalue weighted by atomic mass is 9.83. The fourth-order valence-electron chi connectivity index (χ4n) is 2.68.